The Hall–Kier alpha value is -2.61. The summed E-state index contributed by atoms with van der Waals surface area (Å²) in [6, 6.07) is 3.26. The predicted molar refractivity (Wildman–Crippen MR) is 93.4 cm³/mol. The third kappa shape index (κ3) is 3.12. The minimum absolute atomic E-state index is 0.0673. The van der Waals surface area contributed by atoms with Gasteiger partial charge in [-0.1, -0.05) is 0 Å². The number of piperidine rings is 1. The van der Waals surface area contributed by atoms with Gasteiger partial charge in [0.2, 0.25) is 5.91 Å². The summed E-state index contributed by atoms with van der Waals surface area (Å²) in [5.74, 6) is 0.0334. The molecule has 2 aromatic heterocycles. The third-order valence-electron chi connectivity index (χ3n) is 5.35. The zero-order chi connectivity index (χ0) is 18.0. The molecule has 4 rings (SSSR count). The standard InChI is InChI=1S/C18H23N5O3/c24-15(4-7-19-17(25)14-2-1-11-26-14)23-9-5-18(6-10-23)16-13(3-8-22-18)20-12-21-16/h1-2,11-12,22H,3-10H2,(H,19,25)(H,20,21). The number of fused-ring (bicyclic) bond motifs is 2. The number of aromatic amines is 1. The summed E-state index contributed by atoms with van der Waals surface area (Å²) in [7, 11) is 0. The Kier molecular flexibility index (Phi) is 4.50. The Morgan fingerprint density at radius 1 is 1.35 bits per heavy atom. The van der Waals surface area contributed by atoms with Gasteiger partial charge in [0.15, 0.2) is 5.76 Å². The van der Waals surface area contributed by atoms with E-state index in [1.165, 1.54) is 12.0 Å². The number of furan rings is 1. The van der Waals surface area contributed by atoms with E-state index in [1.54, 1.807) is 18.5 Å². The lowest BCUT2D eigenvalue weighted by molar-refractivity contribution is -0.132. The zero-order valence-corrected chi connectivity index (χ0v) is 14.6. The number of imidazole rings is 1. The number of nitrogens with zero attached hydrogens (tertiary/aromatic N) is 2. The third-order valence-corrected chi connectivity index (χ3v) is 5.35. The number of hydrogen-bond donors (Lipinski definition) is 3. The van der Waals surface area contributed by atoms with Crippen molar-refractivity contribution in [2.75, 3.05) is 26.2 Å². The van der Waals surface area contributed by atoms with Crippen LogP contribution in [-0.4, -0.2) is 52.9 Å². The monoisotopic (exact) mass is 357 g/mol. The highest BCUT2D eigenvalue weighted by Gasteiger charge is 2.41. The molecule has 26 heavy (non-hydrogen) atoms. The van der Waals surface area contributed by atoms with Crippen molar-refractivity contribution in [2.45, 2.75) is 31.2 Å². The molecule has 1 saturated heterocycles. The van der Waals surface area contributed by atoms with Crippen molar-refractivity contribution in [3.63, 3.8) is 0 Å². The Balaban J connectivity index is 1.27. The first-order valence-electron chi connectivity index (χ1n) is 9.05. The Morgan fingerprint density at radius 3 is 2.96 bits per heavy atom. The second-order valence-electron chi connectivity index (χ2n) is 6.85. The zero-order valence-electron chi connectivity index (χ0n) is 14.6. The van der Waals surface area contributed by atoms with Crippen LogP contribution in [0.2, 0.25) is 0 Å². The summed E-state index contributed by atoms with van der Waals surface area (Å²) in [5, 5.41) is 6.34. The van der Waals surface area contributed by atoms with E-state index in [0.717, 1.165) is 31.5 Å². The molecule has 0 bridgehead atoms. The van der Waals surface area contributed by atoms with Crippen LogP contribution in [0.5, 0.6) is 0 Å². The van der Waals surface area contributed by atoms with E-state index in [1.807, 2.05) is 4.90 Å². The maximum absolute atomic E-state index is 12.4. The van der Waals surface area contributed by atoms with Crippen LogP contribution in [0.1, 0.15) is 41.2 Å². The maximum atomic E-state index is 12.4. The molecule has 0 atom stereocenters. The summed E-state index contributed by atoms with van der Waals surface area (Å²) >= 11 is 0. The number of amides is 2. The van der Waals surface area contributed by atoms with E-state index in [4.69, 9.17) is 4.42 Å². The van der Waals surface area contributed by atoms with Crippen LogP contribution < -0.4 is 10.6 Å². The van der Waals surface area contributed by atoms with Gasteiger partial charge in [-0.3, -0.25) is 9.59 Å². The maximum Gasteiger partial charge on any atom is 0.286 e. The van der Waals surface area contributed by atoms with Crippen LogP contribution in [0.3, 0.4) is 0 Å². The van der Waals surface area contributed by atoms with Gasteiger partial charge in [0, 0.05) is 44.7 Å². The van der Waals surface area contributed by atoms with E-state index in [0.29, 0.717) is 26.1 Å². The first kappa shape index (κ1) is 16.8. The van der Waals surface area contributed by atoms with Crippen molar-refractivity contribution in [1.29, 1.82) is 0 Å². The SMILES string of the molecule is O=C(NCCC(=O)N1CCC2(CC1)NCCc1[nH]cnc12)c1ccco1. The fourth-order valence-electron chi connectivity index (χ4n) is 3.92. The Bertz CT molecular complexity index is 775. The van der Waals surface area contributed by atoms with Gasteiger partial charge in [0.1, 0.15) is 0 Å². The highest BCUT2D eigenvalue weighted by molar-refractivity contribution is 5.91. The van der Waals surface area contributed by atoms with Crippen LogP contribution in [0.15, 0.2) is 29.1 Å². The molecule has 0 aliphatic carbocycles. The largest absolute Gasteiger partial charge is 0.459 e. The molecule has 0 aromatic carbocycles. The van der Waals surface area contributed by atoms with Crippen molar-refractivity contribution < 1.29 is 14.0 Å². The van der Waals surface area contributed by atoms with Crippen molar-refractivity contribution >= 4 is 11.8 Å². The Labute approximate surface area is 151 Å². The molecule has 138 valence electrons. The fourth-order valence-corrected chi connectivity index (χ4v) is 3.92. The molecule has 2 aliphatic heterocycles. The molecular formula is C18H23N5O3. The fraction of sp³-hybridized carbons (Fsp3) is 0.500. The van der Waals surface area contributed by atoms with Crippen LogP contribution in [0, 0.1) is 0 Å². The van der Waals surface area contributed by atoms with Gasteiger partial charge < -0.3 is 24.9 Å². The topological polar surface area (TPSA) is 103 Å². The number of nitrogens with one attached hydrogen (secondary N) is 3. The molecule has 2 aliphatic rings. The second-order valence-corrected chi connectivity index (χ2v) is 6.85. The molecule has 0 unspecified atom stereocenters. The average molecular weight is 357 g/mol. The summed E-state index contributed by atoms with van der Waals surface area (Å²) < 4.78 is 5.03. The van der Waals surface area contributed by atoms with Gasteiger partial charge >= 0.3 is 0 Å². The number of aromatic nitrogens is 2. The summed E-state index contributed by atoms with van der Waals surface area (Å²) in [6.45, 7) is 2.64. The highest BCUT2D eigenvalue weighted by atomic mass is 16.3. The predicted octanol–water partition coefficient (Wildman–Crippen LogP) is 0.786. The number of likely N-dealkylation sites (tertiary alicyclic amines) is 1. The van der Waals surface area contributed by atoms with E-state index >= 15 is 0 Å². The minimum Gasteiger partial charge on any atom is -0.459 e. The smallest absolute Gasteiger partial charge is 0.286 e. The molecule has 0 radical (unpaired) electrons. The van der Waals surface area contributed by atoms with Gasteiger partial charge in [0.05, 0.1) is 23.8 Å². The first-order chi connectivity index (χ1) is 12.7. The molecule has 4 heterocycles. The van der Waals surface area contributed by atoms with Gasteiger partial charge in [-0.2, -0.15) is 0 Å². The van der Waals surface area contributed by atoms with Crippen molar-refractivity contribution in [1.82, 2.24) is 25.5 Å². The Morgan fingerprint density at radius 2 is 2.19 bits per heavy atom. The molecular weight excluding hydrogens is 334 g/mol. The van der Waals surface area contributed by atoms with Crippen molar-refractivity contribution in [2.24, 2.45) is 0 Å². The number of rotatable bonds is 4. The number of carbonyl (C=O) groups is 2. The molecule has 8 heteroatoms. The summed E-state index contributed by atoms with van der Waals surface area (Å²) in [6.07, 6.45) is 6.19. The van der Waals surface area contributed by atoms with Gasteiger partial charge in [-0.15, -0.1) is 0 Å². The van der Waals surface area contributed by atoms with Crippen LogP contribution in [-0.2, 0) is 16.8 Å². The van der Waals surface area contributed by atoms with Crippen LogP contribution >= 0.6 is 0 Å². The molecule has 0 saturated carbocycles. The second kappa shape index (κ2) is 6.95. The quantitative estimate of drug-likeness (QED) is 0.750. The highest BCUT2D eigenvalue weighted by Crippen LogP contribution is 2.35. The molecule has 8 nitrogen and oxygen atoms in total. The molecule has 1 fully saturated rings. The number of hydrogen-bond acceptors (Lipinski definition) is 5. The molecule has 2 amide bonds. The molecule has 3 N–H and O–H groups in total. The van der Waals surface area contributed by atoms with E-state index in [-0.39, 0.29) is 23.1 Å². The lowest BCUT2D eigenvalue weighted by atomic mass is 9.80. The first-order valence-corrected chi connectivity index (χ1v) is 9.05. The van der Waals surface area contributed by atoms with Crippen molar-refractivity contribution in [3.8, 4) is 0 Å². The van der Waals surface area contributed by atoms with E-state index in [2.05, 4.69) is 20.6 Å². The van der Waals surface area contributed by atoms with E-state index in [9.17, 15) is 9.59 Å². The lowest BCUT2D eigenvalue weighted by Crippen LogP contribution is -2.55. The summed E-state index contributed by atoms with van der Waals surface area (Å²) in [5.41, 5.74) is 2.21. The molecule has 1 spiro atoms. The summed E-state index contributed by atoms with van der Waals surface area (Å²) in [4.78, 5) is 33.9. The van der Waals surface area contributed by atoms with Gasteiger partial charge in [-0.25, -0.2) is 4.98 Å². The van der Waals surface area contributed by atoms with Crippen LogP contribution in [0.25, 0.3) is 0 Å². The van der Waals surface area contributed by atoms with Crippen LogP contribution in [0.4, 0.5) is 0 Å². The minimum atomic E-state index is -0.294. The normalized spacial score (nSPS) is 18.5. The number of H-pyrrole nitrogens is 1. The van der Waals surface area contributed by atoms with Gasteiger partial charge in [0.25, 0.3) is 5.91 Å². The van der Waals surface area contributed by atoms with E-state index < -0.39 is 0 Å². The average Bonchev–Trinajstić information content (AvgIpc) is 3.35. The van der Waals surface area contributed by atoms with Crippen molar-refractivity contribution in [3.05, 3.63) is 41.9 Å². The molecule has 2 aromatic rings. The number of carbonyl (C=O) groups excluding carboxylic acids is 2. The lowest BCUT2D eigenvalue weighted by Gasteiger charge is -2.44. The van der Waals surface area contributed by atoms with Gasteiger partial charge in [-0.05, 0) is 25.0 Å².